The van der Waals surface area contributed by atoms with Crippen molar-refractivity contribution in [3.63, 3.8) is 0 Å². The van der Waals surface area contributed by atoms with Gasteiger partial charge in [0.1, 0.15) is 0 Å². The molecule has 1 aromatic carbocycles. The molecule has 0 aromatic heterocycles. The molecule has 0 heterocycles. The molecule has 0 spiro atoms. The first-order valence-corrected chi connectivity index (χ1v) is 11.9. The molecule has 0 N–H and O–H groups in total. The molecule has 0 bridgehead atoms. The van der Waals surface area contributed by atoms with E-state index in [1.807, 2.05) is 19.1 Å². The average Bonchev–Trinajstić information content (AvgIpc) is 2.75. The molecule has 30 heavy (non-hydrogen) atoms. The third-order valence-electron chi connectivity index (χ3n) is 7.02. The van der Waals surface area contributed by atoms with Crippen molar-refractivity contribution in [2.45, 2.75) is 90.3 Å². The molecule has 2 aliphatic carbocycles. The second-order valence-electron chi connectivity index (χ2n) is 9.32. The van der Waals surface area contributed by atoms with Crippen LogP contribution in [0.15, 0.2) is 48.6 Å². The lowest BCUT2D eigenvalue weighted by atomic mass is 9.78. The van der Waals surface area contributed by atoms with Gasteiger partial charge in [-0.05, 0) is 100 Å². The number of alkyl halides is 2. The van der Waals surface area contributed by atoms with Crippen LogP contribution in [0.5, 0.6) is 0 Å². The first-order chi connectivity index (χ1) is 14.5. The number of halogens is 2. The lowest BCUT2D eigenvalue weighted by Gasteiger charge is -2.29. The first-order valence-electron chi connectivity index (χ1n) is 11.9. The van der Waals surface area contributed by atoms with Crippen molar-refractivity contribution < 1.29 is 13.5 Å². The molecular formula is C27H38F2O. The van der Waals surface area contributed by atoms with E-state index in [2.05, 4.69) is 43.4 Å². The van der Waals surface area contributed by atoms with Crippen molar-refractivity contribution in [1.82, 2.24) is 0 Å². The van der Waals surface area contributed by atoms with Gasteiger partial charge in [0.2, 0.25) is 0 Å². The molecule has 1 nitrogen and oxygen atoms in total. The highest BCUT2D eigenvalue weighted by molar-refractivity contribution is 5.25. The van der Waals surface area contributed by atoms with Crippen molar-refractivity contribution in [3.8, 4) is 0 Å². The normalized spacial score (nSPS) is 28.4. The molecule has 0 atom stereocenters. The fraction of sp³-hybridized carbons (Fsp3) is 0.630. The molecule has 166 valence electrons. The summed E-state index contributed by atoms with van der Waals surface area (Å²) in [7, 11) is 0. The maximum absolute atomic E-state index is 14.4. The van der Waals surface area contributed by atoms with Crippen LogP contribution in [0.3, 0.4) is 0 Å². The third-order valence-corrected chi connectivity index (χ3v) is 7.02. The highest BCUT2D eigenvalue weighted by Crippen LogP contribution is 2.38. The SMILES string of the molecule is CC=C[C@H]1CC[C@H](CC(F)(F)OCc2ccc([C@H]3CC[C@H](C=CC)CC3)cc2)CC1. The van der Waals surface area contributed by atoms with Crippen LogP contribution in [0.4, 0.5) is 8.78 Å². The number of rotatable bonds is 8. The summed E-state index contributed by atoms with van der Waals surface area (Å²) >= 11 is 0. The van der Waals surface area contributed by atoms with Crippen LogP contribution in [-0.4, -0.2) is 6.11 Å². The molecule has 0 unspecified atom stereocenters. The van der Waals surface area contributed by atoms with Crippen LogP contribution >= 0.6 is 0 Å². The van der Waals surface area contributed by atoms with Gasteiger partial charge in [-0.25, -0.2) is 0 Å². The minimum absolute atomic E-state index is 0.0186. The van der Waals surface area contributed by atoms with E-state index in [0.717, 1.165) is 37.2 Å². The molecule has 0 radical (unpaired) electrons. The Bertz CT molecular complexity index is 675. The van der Waals surface area contributed by atoms with Crippen molar-refractivity contribution >= 4 is 0 Å². The summed E-state index contributed by atoms with van der Waals surface area (Å²) in [5.74, 6) is 1.96. The number of allylic oxidation sites excluding steroid dienone is 4. The predicted octanol–water partition coefficient (Wildman–Crippen LogP) is 8.42. The highest BCUT2D eigenvalue weighted by Gasteiger charge is 2.35. The maximum atomic E-state index is 14.4. The maximum Gasteiger partial charge on any atom is 0.356 e. The van der Waals surface area contributed by atoms with Crippen LogP contribution < -0.4 is 0 Å². The number of ether oxygens (including phenoxy) is 1. The molecule has 1 aromatic rings. The van der Waals surface area contributed by atoms with Gasteiger partial charge in [0.25, 0.3) is 0 Å². The van der Waals surface area contributed by atoms with E-state index in [4.69, 9.17) is 4.74 Å². The average molecular weight is 417 g/mol. The van der Waals surface area contributed by atoms with E-state index in [1.54, 1.807) is 0 Å². The molecule has 0 amide bonds. The number of benzene rings is 1. The van der Waals surface area contributed by atoms with Crippen molar-refractivity contribution in [2.75, 3.05) is 0 Å². The Kier molecular flexibility index (Phi) is 8.68. The standard InChI is InChI=1S/C27H38F2O/c1-3-5-21-7-9-23(10-8-21)19-27(28,29)30-20-24-13-17-26(18-14-24)25-15-11-22(6-4-2)12-16-25/h3-6,13-14,17-18,21-23,25H,7-12,15-16,19-20H2,1-2H3/t21-,22-,23-,25-. The molecule has 2 fully saturated rings. The van der Waals surface area contributed by atoms with Crippen LogP contribution in [0, 0.1) is 17.8 Å². The summed E-state index contributed by atoms with van der Waals surface area (Å²) < 4.78 is 33.8. The minimum Gasteiger partial charge on any atom is -0.316 e. The minimum atomic E-state index is -3.04. The van der Waals surface area contributed by atoms with Gasteiger partial charge in [-0.2, -0.15) is 8.78 Å². The molecule has 2 aliphatic rings. The fourth-order valence-electron chi connectivity index (χ4n) is 5.24. The lowest BCUT2D eigenvalue weighted by molar-refractivity contribution is -0.256. The molecule has 0 saturated heterocycles. The first kappa shape index (κ1) is 23.2. The Morgan fingerprint density at radius 3 is 1.90 bits per heavy atom. The van der Waals surface area contributed by atoms with Crippen LogP contribution in [0.2, 0.25) is 0 Å². The second-order valence-corrected chi connectivity index (χ2v) is 9.32. The third kappa shape index (κ3) is 7.04. The summed E-state index contributed by atoms with van der Waals surface area (Å²) in [5, 5.41) is 0. The van der Waals surface area contributed by atoms with E-state index in [0.29, 0.717) is 11.8 Å². The van der Waals surface area contributed by atoms with Gasteiger partial charge >= 0.3 is 6.11 Å². The zero-order valence-corrected chi connectivity index (χ0v) is 18.7. The van der Waals surface area contributed by atoms with Crippen molar-refractivity contribution in [1.29, 1.82) is 0 Å². The van der Waals surface area contributed by atoms with Gasteiger partial charge in [0.05, 0.1) is 6.61 Å². The number of hydrogen-bond donors (Lipinski definition) is 0. The monoisotopic (exact) mass is 416 g/mol. The topological polar surface area (TPSA) is 9.23 Å². The quantitative estimate of drug-likeness (QED) is 0.386. The summed E-state index contributed by atoms with van der Waals surface area (Å²) in [6.45, 7) is 4.09. The van der Waals surface area contributed by atoms with E-state index >= 15 is 0 Å². The Morgan fingerprint density at radius 2 is 1.37 bits per heavy atom. The molecule has 3 heteroatoms. The Balaban J connectivity index is 1.43. The highest BCUT2D eigenvalue weighted by atomic mass is 19.3. The van der Waals surface area contributed by atoms with Gasteiger partial charge < -0.3 is 4.74 Å². The smallest absolute Gasteiger partial charge is 0.316 e. The van der Waals surface area contributed by atoms with Gasteiger partial charge in [0.15, 0.2) is 0 Å². The van der Waals surface area contributed by atoms with Gasteiger partial charge in [-0.3, -0.25) is 0 Å². The summed E-state index contributed by atoms with van der Waals surface area (Å²) in [4.78, 5) is 0. The van der Waals surface area contributed by atoms with E-state index in [1.165, 1.54) is 31.2 Å². The zero-order chi connectivity index (χ0) is 21.4. The molecule has 2 saturated carbocycles. The molecule has 3 rings (SSSR count). The largest absolute Gasteiger partial charge is 0.356 e. The van der Waals surface area contributed by atoms with Crippen LogP contribution in [0.1, 0.15) is 88.7 Å². The summed E-state index contributed by atoms with van der Waals surface area (Å²) in [5.41, 5.74) is 2.17. The van der Waals surface area contributed by atoms with Crippen LogP contribution in [0.25, 0.3) is 0 Å². The summed E-state index contributed by atoms with van der Waals surface area (Å²) in [6.07, 6.45) is 14.2. The second kappa shape index (κ2) is 11.2. The van der Waals surface area contributed by atoms with E-state index < -0.39 is 6.11 Å². The molecular weight excluding hydrogens is 378 g/mol. The van der Waals surface area contributed by atoms with Crippen LogP contribution in [-0.2, 0) is 11.3 Å². The Hall–Kier alpha value is -1.48. The van der Waals surface area contributed by atoms with E-state index in [-0.39, 0.29) is 18.9 Å². The Morgan fingerprint density at radius 1 is 0.833 bits per heavy atom. The lowest BCUT2D eigenvalue weighted by Crippen LogP contribution is -2.26. The van der Waals surface area contributed by atoms with Crippen molar-refractivity contribution in [2.24, 2.45) is 17.8 Å². The molecule has 0 aliphatic heterocycles. The predicted molar refractivity (Wildman–Crippen MR) is 121 cm³/mol. The van der Waals surface area contributed by atoms with Crippen molar-refractivity contribution in [3.05, 3.63) is 59.7 Å². The summed E-state index contributed by atoms with van der Waals surface area (Å²) in [6, 6.07) is 8.15. The Labute approximate surface area is 181 Å². The van der Waals surface area contributed by atoms with E-state index in [9.17, 15) is 8.78 Å². The van der Waals surface area contributed by atoms with Gasteiger partial charge in [0, 0.05) is 6.42 Å². The number of hydrogen-bond acceptors (Lipinski definition) is 1. The fourth-order valence-corrected chi connectivity index (χ4v) is 5.24. The van der Waals surface area contributed by atoms with Gasteiger partial charge in [-0.1, -0.05) is 48.6 Å². The zero-order valence-electron chi connectivity index (χ0n) is 18.7. The van der Waals surface area contributed by atoms with Gasteiger partial charge in [-0.15, -0.1) is 0 Å².